The van der Waals surface area contributed by atoms with E-state index in [9.17, 15) is 0 Å². The lowest BCUT2D eigenvalue weighted by atomic mass is 9.97. The zero-order valence-corrected chi connectivity index (χ0v) is 13.7. The highest BCUT2D eigenvalue weighted by molar-refractivity contribution is 7.07. The molecule has 4 rings (SSSR count). The second-order valence-corrected chi connectivity index (χ2v) is 7.37. The smallest absolute Gasteiger partial charge is 0.151 e. The molecule has 116 valence electrons. The molecule has 22 heavy (non-hydrogen) atoms. The first-order valence-corrected chi connectivity index (χ1v) is 8.99. The molecule has 3 heterocycles. The third-order valence-corrected chi connectivity index (χ3v) is 6.03. The van der Waals surface area contributed by atoms with Crippen molar-refractivity contribution in [1.82, 2.24) is 15.1 Å². The van der Waals surface area contributed by atoms with Crippen molar-refractivity contribution in [1.29, 1.82) is 0 Å². The van der Waals surface area contributed by atoms with Crippen LogP contribution < -0.4 is 4.90 Å². The number of likely N-dealkylation sites (tertiary alicyclic amines) is 1. The minimum Gasteiger partial charge on any atom is -0.355 e. The quantitative estimate of drug-likeness (QED) is 0.868. The fraction of sp³-hybridized carbons (Fsp3) is 0.529. The van der Waals surface area contributed by atoms with Crippen LogP contribution in [0.15, 0.2) is 35.2 Å². The van der Waals surface area contributed by atoms with Crippen LogP contribution in [-0.4, -0.2) is 41.3 Å². The van der Waals surface area contributed by atoms with Crippen molar-refractivity contribution in [2.75, 3.05) is 25.0 Å². The molecule has 1 saturated carbocycles. The summed E-state index contributed by atoms with van der Waals surface area (Å²) in [5, 5.41) is 12.8. The molecule has 4 nitrogen and oxygen atoms in total. The maximum absolute atomic E-state index is 4.28. The average molecular weight is 314 g/mol. The third-order valence-electron chi connectivity index (χ3n) is 5.30. The molecule has 2 aliphatic rings. The van der Waals surface area contributed by atoms with Gasteiger partial charge in [0.2, 0.25) is 0 Å². The Morgan fingerprint density at radius 1 is 1.32 bits per heavy atom. The van der Waals surface area contributed by atoms with E-state index < -0.39 is 0 Å². The number of nitrogens with zero attached hydrogens (tertiary/aromatic N) is 4. The van der Waals surface area contributed by atoms with Gasteiger partial charge in [-0.1, -0.05) is 0 Å². The molecule has 0 spiro atoms. The maximum atomic E-state index is 4.28. The van der Waals surface area contributed by atoms with Crippen molar-refractivity contribution in [2.24, 2.45) is 11.8 Å². The second-order valence-electron chi connectivity index (χ2n) is 6.59. The summed E-state index contributed by atoms with van der Waals surface area (Å²) in [6.07, 6.45) is 4.38. The number of hydrogen-bond donors (Lipinski definition) is 0. The van der Waals surface area contributed by atoms with Crippen LogP contribution in [0, 0.1) is 11.8 Å². The summed E-state index contributed by atoms with van der Waals surface area (Å²) in [4.78, 5) is 4.99. The zero-order chi connectivity index (χ0) is 14.9. The Labute approximate surface area is 135 Å². The van der Waals surface area contributed by atoms with Gasteiger partial charge in [0.25, 0.3) is 0 Å². The number of hydrogen-bond acceptors (Lipinski definition) is 5. The van der Waals surface area contributed by atoms with E-state index in [0.29, 0.717) is 6.04 Å². The Hall–Kier alpha value is -1.46. The molecule has 1 saturated heterocycles. The number of rotatable bonds is 4. The van der Waals surface area contributed by atoms with E-state index in [1.807, 2.05) is 6.07 Å². The fourth-order valence-corrected chi connectivity index (χ4v) is 4.89. The van der Waals surface area contributed by atoms with Gasteiger partial charge in [-0.15, -0.1) is 5.10 Å². The van der Waals surface area contributed by atoms with Crippen molar-refractivity contribution >= 4 is 17.2 Å². The molecule has 1 aliphatic carbocycles. The van der Waals surface area contributed by atoms with E-state index in [1.165, 1.54) is 31.5 Å². The fourth-order valence-electron chi connectivity index (χ4n) is 4.23. The van der Waals surface area contributed by atoms with E-state index in [2.05, 4.69) is 49.9 Å². The van der Waals surface area contributed by atoms with Gasteiger partial charge < -0.3 is 4.90 Å². The van der Waals surface area contributed by atoms with Gasteiger partial charge in [-0.05, 0) is 59.2 Å². The van der Waals surface area contributed by atoms with Gasteiger partial charge in [0.15, 0.2) is 5.82 Å². The summed E-state index contributed by atoms with van der Waals surface area (Å²) >= 11 is 1.80. The molecule has 0 unspecified atom stereocenters. The molecule has 1 aliphatic heterocycles. The summed E-state index contributed by atoms with van der Waals surface area (Å²) in [5.74, 6) is 2.62. The summed E-state index contributed by atoms with van der Waals surface area (Å²) in [6.45, 7) is 3.58. The highest BCUT2D eigenvalue weighted by Gasteiger charge is 2.44. The summed E-state index contributed by atoms with van der Waals surface area (Å²) < 4.78 is 0. The van der Waals surface area contributed by atoms with Crippen LogP contribution in [0.3, 0.4) is 0 Å². The molecule has 2 aromatic rings. The van der Waals surface area contributed by atoms with Gasteiger partial charge in [0.05, 0.1) is 0 Å². The van der Waals surface area contributed by atoms with Gasteiger partial charge in [-0.25, -0.2) is 0 Å². The van der Waals surface area contributed by atoms with Crippen molar-refractivity contribution in [3.05, 3.63) is 40.7 Å². The van der Waals surface area contributed by atoms with Crippen LogP contribution in [0.2, 0.25) is 0 Å². The minimum absolute atomic E-state index is 0.606. The van der Waals surface area contributed by atoms with E-state index in [-0.39, 0.29) is 0 Å². The Morgan fingerprint density at radius 3 is 3.05 bits per heavy atom. The van der Waals surface area contributed by atoms with Gasteiger partial charge >= 0.3 is 0 Å². The second kappa shape index (κ2) is 5.97. The largest absolute Gasteiger partial charge is 0.355 e. The van der Waals surface area contributed by atoms with Crippen molar-refractivity contribution < 1.29 is 0 Å². The Bertz CT molecular complexity index is 600. The summed E-state index contributed by atoms with van der Waals surface area (Å²) in [6, 6.07) is 6.90. The van der Waals surface area contributed by atoms with Crippen LogP contribution in [0.25, 0.3) is 0 Å². The van der Waals surface area contributed by atoms with E-state index >= 15 is 0 Å². The zero-order valence-electron chi connectivity index (χ0n) is 12.9. The molecular weight excluding hydrogens is 292 g/mol. The molecule has 0 amide bonds. The lowest BCUT2D eigenvalue weighted by molar-refractivity contribution is 0.297. The Morgan fingerprint density at radius 2 is 2.27 bits per heavy atom. The lowest BCUT2D eigenvalue weighted by Gasteiger charge is -2.30. The van der Waals surface area contributed by atoms with E-state index in [0.717, 1.165) is 24.2 Å². The SMILES string of the molecule is CN(c1cccnn1)[C@@H]1CC[C@@H]2CN(Cc3ccsc3)C[C@@H]21. The van der Waals surface area contributed by atoms with Crippen LogP contribution in [0.5, 0.6) is 0 Å². The van der Waals surface area contributed by atoms with Gasteiger partial charge in [0.1, 0.15) is 0 Å². The first-order chi connectivity index (χ1) is 10.8. The van der Waals surface area contributed by atoms with Gasteiger partial charge in [-0.3, -0.25) is 4.90 Å². The standard InChI is InChI=1S/C17H22N4S/c1-20(17-3-2-7-18-19-17)16-5-4-14-10-21(11-15(14)16)9-13-6-8-22-12-13/h2-3,6-8,12,14-16H,4-5,9-11H2,1H3/t14-,15+,16-/m1/s1. The normalized spacial score (nSPS) is 28.0. The van der Waals surface area contributed by atoms with Crippen LogP contribution >= 0.6 is 11.3 Å². The number of thiophene rings is 1. The number of fused-ring (bicyclic) bond motifs is 1. The summed E-state index contributed by atoms with van der Waals surface area (Å²) in [7, 11) is 2.18. The Kier molecular flexibility index (Phi) is 3.84. The van der Waals surface area contributed by atoms with Gasteiger partial charge in [0, 0.05) is 38.9 Å². The predicted molar refractivity (Wildman–Crippen MR) is 90.0 cm³/mol. The highest BCUT2D eigenvalue weighted by Crippen LogP contribution is 2.41. The Balaban J connectivity index is 1.44. The molecule has 0 bridgehead atoms. The van der Waals surface area contributed by atoms with Crippen LogP contribution in [0.4, 0.5) is 5.82 Å². The van der Waals surface area contributed by atoms with Crippen molar-refractivity contribution in [3.8, 4) is 0 Å². The van der Waals surface area contributed by atoms with Crippen molar-refractivity contribution in [2.45, 2.75) is 25.4 Å². The van der Waals surface area contributed by atoms with Gasteiger partial charge in [-0.2, -0.15) is 16.4 Å². The molecule has 2 aromatic heterocycles. The molecular formula is C17H22N4S. The van der Waals surface area contributed by atoms with E-state index in [1.54, 1.807) is 17.5 Å². The van der Waals surface area contributed by atoms with E-state index in [4.69, 9.17) is 0 Å². The minimum atomic E-state index is 0.606. The van der Waals surface area contributed by atoms with Crippen LogP contribution in [0.1, 0.15) is 18.4 Å². The molecule has 2 fully saturated rings. The van der Waals surface area contributed by atoms with Crippen molar-refractivity contribution in [3.63, 3.8) is 0 Å². The molecule has 0 N–H and O–H groups in total. The first kappa shape index (κ1) is 14.2. The monoisotopic (exact) mass is 314 g/mol. The number of aromatic nitrogens is 2. The maximum Gasteiger partial charge on any atom is 0.151 e. The first-order valence-electron chi connectivity index (χ1n) is 8.05. The average Bonchev–Trinajstić information content (AvgIpc) is 3.25. The third kappa shape index (κ3) is 2.63. The van der Waals surface area contributed by atoms with Crippen LogP contribution in [-0.2, 0) is 6.54 Å². The molecule has 5 heteroatoms. The molecule has 3 atom stereocenters. The predicted octanol–water partition coefficient (Wildman–Crippen LogP) is 2.88. The number of anilines is 1. The molecule has 0 aromatic carbocycles. The topological polar surface area (TPSA) is 32.3 Å². The summed E-state index contributed by atoms with van der Waals surface area (Å²) in [5.41, 5.74) is 1.46. The highest BCUT2D eigenvalue weighted by atomic mass is 32.1. The molecule has 0 radical (unpaired) electrons. The lowest BCUT2D eigenvalue weighted by Crippen LogP contribution is -2.38.